The van der Waals surface area contributed by atoms with Gasteiger partial charge >= 0.3 is 0 Å². The number of ether oxygens (including phenoxy) is 1. The summed E-state index contributed by atoms with van der Waals surface area (Å²) >= 11 is 0. The lowest BCUT2D eigenvalue weighted by atomic mass is 9.99. The van der Waals surface area contributed by atoms with E-state index in [1.165, 1.54) is 0 Å². The second-order valence-corrected chi connectivity index (χ2v) is 5.41. The Kier molecular flexibility index (Phi) is 4.97. The van der Waals surface area contributed by atoms with Crippen LogP contribution in [0.15, 0.2) is 42.5 Å². The van der Waals surface area contributed by atoms with Crippen LogP contribution < -0.4 is 10.5 Å². The Morgan fingerprint density at radius 2 is 1.86 bits per heavy atom. The molecule has 0 bridgehead atoms. The van der Waals surface area contributed by atoms with Gasteiger partial charge < -0.3 is 10.5 Å². The van der Waals surface area contributed by atoms with Gasteiger partial charge in [-0.25, -0.2) is 4.39 Å². The van der Waals surface area contributed by atoms with Crippen molar-refractivity contribution in [3.63, 3.8) is 0 Å². The molecule has 0 amide bonds. The first kappa shape index (κ1) is 15.5. The summed E-state index contributed by atoms with van der Waals surface area (Å²) in [6, 6.07) is 13.0. The maximum atomic E-state index is 14.2. The molecule has 0 aliphatic carbocycles. The van der Waals surface area contributed by atoms with E-state index < -0.39 is 0 Å². The van der Waals surface area contributed by atoms with Crippen molar-refractivity contribution in [3.05, 3.63) is 65.0 Å². The molecular weight excluding hydrogens is 265 g/mol. The molecule has 2 rings (SSSR count). The quantitative estimate of drug-likeness (QED) is 0.890. The van der Waals surface area contributed by atoms with Gasteiger partial charge in [0.15, 0.2) is 11.6 Å². The van der Waals surface area contributed by atoms with Gasteiger partial charge in [0.05, 0.1) is 0 Å². The summed E-state index contributed by atoms with van der Waals surface area (Å²) < 4.78 is 20.1. The summed E-state index contributed by atoms with van der Waals surface area (Å²) in [5.41, 5.74) is 8.87. The number of halogens is 1. The summed E-state index contributed by atoms with van der Waals surface area (Å²) in [5.74, 6) is -0.0659. The van der Waals surface area contributed by atoms with E-state index in [0.29, 0.717) is 5.56 Å². The van der Waals surface area contributed by atoms with E-state index in [0.717, 1.165) is 17.5 Å². The van der Waals surface area contributed by atoms with Crippen molar-refractivity contribution in [1.82, 2.24) is 0 Å². The molecule has 0 saturated heterocycles. The zero-order valence-electron chi connectivity index (χ0n) is 12.8. The van der Waals surface area contributed by atoms with Crippen LogP contribution in [0.2, 0.25) is 0 Å². The molecule has 2 aromatic rings. The van der Waals surface area contributed by atoms with Crippen LogP contribution in [-0.4, -0.2) is 6.04 Å². The van der Waals surface area contributed by atoms with Crippen molar-refractivity contribution in [2.75, 3.05) is 0 Å². The van der Waals surface area contributed by atoms with Gasteiger partial charge in [0.25, 0.3) is 0 Å². The van der Waals surface area contributed by atoms with Crippen LogP contribution >= 0.6 is 0 Å². The van der Waals surface area contributed by atoms with Gasteiger partial charge in [-0.1, -0.05) is 48.9 Å². The molecule has 2 unspecified atom stereocenters. The molecule has 0 aliphatic heterocycles. The number of hydrogen-bond acceptors (Lipinski definition) is 2. The van der Waals surface area contributed by atoms with Gasteiger partial charge in [0, 0.05) is 6.04 Å². The van der Waals surface area contributed by atoms with Crippen molar-refractivity contribution in [3.8, 4) is 5.75 Å². The van der Waals surface area contributed by atoms with Crippen LogP contribution in [-0.2, 0) is 0 Å². The molecule has 0 heterocycles. The maximum absolute atomic E-state index is 14.2. The van der Waals surface area contributed by atoms with Crippen molar-refractivity contribution in [1.29, 1.82) is 0 Å². The molecular formula is C18H22FNO. The number of rotatable bonds is 5. The van der Waals surface area contributed by atoms with E-state index in [-0.39, 0.29) is 23.7 Å². The Morgan fingerprint density at radius 1 is 1.14 bits per heavy atom. The summed E-state index contributed by atoms with van der Waals surface area (Å²) in [6.45, 7) is 5.75. The monoisotopic (exact) mass is 287 g/mol. The molecule has 2 aromatic carbocycles. The highest BCUT2D eigenvalue weighted by Gasteiger charge is 2.22. The minimum absolute atomic E-state index is 0.188. The molecule has 0 radical (unpaired) electrons. The van der Waals surface area contributed by atoms with E-state index in [9.17, 15) is 4.39 Å². The molecule has 0 spiro atoms. The lowest BCUT2D eigenvalue weighted by Crippen LogP contribution is -2.31. The Morgan fingerprint density at radius 3 is 2.52 bits per heavy atom. The predicted molar refractivity (Wildman–Crippen MR) is 84.0 cm³/mol. The highest BCUT2D eigenvalue weighted by molar-refractivity contribution is 5.32. The zero-order chi connectivity index (χ0) is 15.4. The standard InChI is InChI=1S/C18H22FNO/c1-4-15(20)18(14-9-5-7-12(2)11-14)21-16-10-6-8-13(3)17(16)19/h5-11,15,18H,4,20H2,1-3H3. The summed E-state index contributed by atoms with van der Waals surface area (Å²) in [4.78, 5) is 0. The van der Waals surface area contributed by atoms with Gasteiger partial charge in [-0.05, 0) is 37.5 Å². The van der Waals surface area contributed by atoms with E-state index in [2.05, 4.69) is 0 Å². The van der Waals surface area contributed by atoms with Gasteiger partial charge in [-0.15, -0.1) is 0 Å². The van der Waals surface area contributed by atoms with E-state index >= 15 is 0 Å². The third-order valence-electron chi connectivity index (χ3n) is 3.64. The van der Waals surface area contributed by atoms with Crippen molar-refractivity contribution in [2.45, 2.75) is 39.3 Å². The Bertz CT molecular complexity index is 612. The third kappa shape index (κ3) is 3.61. The fourth-order valence-corrected chi connectivity index (χ4v) is 2.31. The highest BCUT2D eigenvalue weighted by atomic mass is 19.1. The minimum atomic E-state index is -0.355. The molecule has 2 N–H and O–H groups in total. The lowest BCUT2D eigenvalue weighted by Gasteiger charge is -2.25. The molecule has 2 atom stereocenters. The first-order chi connectivity index (χ1) is 10.0. The topological polar surface area (TPSA) is 35.2 Å². The van der Waals surface area contributed by atoms with Crippen LogP contribution in [0.3, 0.4) is 0 Å². The van der Waals surface area contributed by atoms with Crippen molar-refractivity contribution < 1.29 is 9.13 Å². The fourth-order valence-electron chi connectivity index (χ4n) is 2.31. The normalized spacial score (nSPS) is 13.8. The number of aryl methyl sites for hydroxylation is 2. The van der Waals surface area contributed by atoms with E-state index in [1.54, 1.807) is 25.1 Å². The largest absolute Gasteiger partial charge is 0.481 e. The highest BCUT2D eigenvalue weighted by Crippen LogP contribution is 2.29. The molecule has 2 nitrogen and oxygen atoms in total. The Hall–Kier alpha value is -1.87. The molecule has 112 valence electrons. The second kappa shape index (κ2) is 6.72. The molecule has 0 aromatic heterocycles. The summed E-state index contributed by atoms with van der Waals surface area (Å²) in [5, 5.41) is 0. The average molecular weight is 287 g/mol. The minimum Gasteiger partial charge on any atom is -0.481 e. The lowest BCUT2D eigenvalue weighted by molar-refractivity contribution is 0.163. The number of hydrogen-bond donors (Lipinski definition) is 1. The Balaban J connectivity index is 2.35. The molecule has 0 fully saturated rings. The number of nitrogens with two attached hydrogens (primary N) is 1. The first-order valence-electron chi connectivity index (χ1n) is 7.26. The van der Waals surface area contributed by atoms with Crippen molar-refractivity contribution in [2.24, 2.45) is 5.73 Å². The molecule has 21 heavy (non-hydrogen) atoms. The van der Waals surface area contributed by atoms with Crippen LogP contribution in [0, 0.1) is 19.7 Å². The number of benzene rings is 2. The van der Waals surface area contributed by atoms with Crippen LogP contribution in [0.5, 0.6) is 5.75 Å². The maximum Gasteiger partial charge on any atom is 0.167 e. The molecule has 3 heteroatoms. The summed E-state index contributed by atoms with van der Waals surface area (Å²) in [6.07, 6.45) is 0.401. The van der Waals surface area contributed by atoms with Crippen LogP contribution in [0.25, 0.3) is 0 Å². The third-order valence-corrected chi connectivity index (χ3v) is 3.64. The van der Waals surface area contributed by atoms with Gasteiger partial charge in [-0.3, -0.25) is 0 Å². The predicted octanol–water partition coefficient (Wildman–Crippen LogP) is 4.30. The summed E-state index contributed by atoms with van der Waals surface area (Å²) in [7, 11) is 0. The van der Waals surface area contributed by atoms with Gasteiger partial charge in [0.1, 0.15) is 6.10 Å². The molecule has 0 saturated carbocycles. The zero-order valence-corrected chi connectivity index (χ0v) is 12.8. The second-order valence-electron chi connectivity index (χ2n) is 5.41. The fraction of sp³-hybridized carbons (Fsp3) is 0.333. The smallest absolute Gasteiger partial charge is 0.167 e. The van der Waals surface area contributed by atoms with Gasteiger partial charge in [0.2, 0.25) is 0 Å². The average Bonchev–Trinajstić information content (AvgIpc) is 2.48. The van der Waals surface area contributed by atoms with Gasteiger partial charge in [-0.2, -0.15) is 0 Å². The van der Waals surface area contributed by atoms with E-state index in [1.807, 2.05) is 38.1 Å². The van der Waals surface area contributed by atoms with Crippen molar-refractivity contribution >= 4 is 0 Å². The molecule has 0 aliphatic rings. The SMILES string of the molecule is CCC(N)C(Oc1cccc(C)c1F)c1cccc(C)c1. The van der Waals surface area contributed by atoms with Crippen LogP contribution in [0.4, 0.5) is 4.39 Å². The Labute approximate surface area is 125 Å². The van der Waals surface area contributed by atoms with E-state index in [4.69, 9.17) is 10.5 Å². The van der Waals surface area contributed by atoms with Crippen LogP contribution in [0.1, 0.15) is 36.1 Å². The first-order valence-corrected chi connectivity index (χ1v) is 7.26.